The van der Waals surface area contributed by atoms with E-state index in [-0.39, 0.29) is 0 Å². The van der Waals surface area contributed by atoms with Crippen LogP contribution in [-0.2, 0) is 13.6 Å². The normalized spacial score (nSPS) is 14.5. The van der Waals surface area contributed by atoms with Crippen LogP contribution in [0.5, 0.6) is 11.6 Å². The largest absolute Gasteiger partial charge is 0.437 e. The summed E-state index contributed by atoms with van der Waals surface area (Å²) in [7, 11) is 1.89. The van der Waals surface area contributed by atoms with Gasteiger partial charge in [-0.15, -0.1) is 6.58 Å². The van der Waals surface area contributed by atoms with Gasteiger partial charge in [-0.3, -0.25) is 4.90 Å². The van der Waals surface area contributed by atoms with Gasteiger partial charge in [0.1, 0.15) is 11.4 Å². The fourth-order valence-electron chi connectivity index (χ4n) is 3.94. The van der Waals surface area contributed by atoms with Crippen LogP contribution in [0, 0.1) is 0 Å². The Kier molecular flexibility index (Phi) is 7.30. The van der Waals surface area contributed by atoms with Crippen molar-refractivity contribution in [2.45, 2.75) is 44.4 Å². The van der Waals surface area contributed by atoms with Crippen molar-refractivity contribution in [2.75, 3.05) is 6.54 Å². The van der Waals surface area contributed by atoms with E-state index in [9.17, 15) is 5.11 Å². The maximum Gasteiger partial charge on any atom is 0.222 e. The van der Waals surface area contributed by atoms with Crippen molar-refractivity contribution in [2.24, 2.45) is 7.05 Å². The van der Waals surface area contributed by atoms with Gasteiger partial charge >= 0.3 is 0 Å². The molecule has 0 bridgehead atoms. The van der Waals surface area contributed by atoms with Gasteiger partial charge in [-0.25, -0.2) is 4.68 Å². The zero-order valence-corrected chi connectivity index (χ0v) is 19.2. The maximum absolute atomic E-state index is 10.6. The highest BCUT2D eigenvalue weighted by Gasteiger charge is 2.33. The number of para-hydroxylation sites is 1. The van der Waals surface area contributed by atoms with Gasteiger partial charge in [0, 0.05) is 31.7 Å². The van der Waals surface area contributed by atoms with Crippen LogP contribution in [0.4, 0.5) is 0 Å². The number of aromatic nitrogens is 2. The number of allylic oxidation sites excluding steroid dienone is 1. The Morgan fingerprint density at radius 3 is 2.62 bits per heavy atom. The van der Waals surface area contributed by atoms with Crippen LogP contribution in [0.15, 0.2) is 67.3 Å². The summed E-state index contributed by atoms with van der Waals surface area (Å²) in [5.74, 6) is 1.27. The minimum absolute atomic E-state index is 0.390. The first-order valence-electron chi connectivity index (χ1n) is 11.1. The first-order valence-corrected chi connectivity index (χ1v) is 11.5. The molecule has 3 aromatic rings. The summed E-state index contributed by atoms with van der Waals surface area (Å²) in [5.41, 5.74) is 2.93. The third-order valence-corrected chi connectivity index (χ3v) is 6.06. The average Bonchev–Trinajstić information content (AvgIpc) is 3.60. The quantitative estimate of drug-likeness (QED) is 0.373. The van der Waals surface area contributed by atoms with E-state index in [0.717, 1.165) is 36.1 Å². The number of nitrogens with zero attached hydrogens (tertiary/aromatic N) is 3. The van der Waals surface area contributed by atoms with Crippen molar-refractivity contribution in [1.82, 2.24) is 14.7 Å². The number of hydrogen-bond acceptors (Lipinski definition) is 4. The molecule has 1 atom stereocenters. The molecule has 1 aromatic heterocycles. The highest BCUT2D eigenvalue weighted by atomic mass is 35.5. The molecule has 4 rings (SSSR count). The molecule has 0 radical (unpaired) electrons. The molecule has 1 saturated carbocycles. The number of halogens is 1. The Labute approximate surface area is 194 Å². The van der Waals surface area contributed by atoms with Crippen molar-refractivity contribution in [3.63, 3.8) is 0 Å². The molecule has 1 aliphatic carbocycles. The molecule has 2 aromatic carbocycles. The lowest BCUT2D eigenvalue weighted by atomic mass is 10.1. The maximum atomic E-state index is 10.6. The number of aryl methyl sites for hydroxylation is 1. The number of aliphatic hydroxyl groups is 1. The Bertz CT molecular complexity index is 1050. The molecule has 1 heterocycles. The van der Waals surface area contributed by atoms with Crippen LogP contribution in [0.25, 0.3) is 11.3 Å². The lowest BCUT2D eigenvalue weighted by molar-refractivity contribution is 0.0976. The number of aliphatic hydroxyl groups excluding tert-OH is 1. The summed E-state index contributed by atoms with van der Waals surface area (Å²) in [5, 5.41) is 15.9. The average molecular weight is 452 g/mol. The Hall–Kier alpha value is -2.60. The number of hydrogen-bond donors (Lipinski definition) is 1. The first kappa shape index (κ1) is 22.6. The highest BCUT2D eigenvalue weighted by molar-refractivity contribution is 6.32. The summed E-state index contributed by atoms with van der Waals surface area (Å²) < 4.78 is 8.09. The Balaban J connectivity index is 1.69. The van der Waals surface area contributed by atoms with Crippen molar-refractivity contribution in [1.29, 1.82) is 0 Å². The van der Waals surface area contributed by atoms with E-state index >= 15 is 0 Å². The summed E-state index contributed by atoms with van der Waals surface area (Å²) in [6, 6.07) is 18.1. The molecule has 0 spiro atoms. The van der Waals surface area contributed by atoms with Gasteiger partial charge in [0.25, 0.3) is 0 Å². The van der Waals surface area contributed by atoms with E-state index in [1.165, 1.54) is 0 Å². The number of ether oxygens (including phenoxy) is 1. The Morgan fingerprint density at radius 2 is 1.94 bits per heavy atom. The van der Waals surface area contributed by atoms with Crippen molar-refractivity contribution < 1.29 is 9.84 Å². The summed E-state index contributed by atoms with van der Waals surface area (Å²) >= 11 is 6.38. The standard InChI is InChI=1S/C26H30ClN3O2/c1-3-4-12-21(31)17-30(20-15-16-20)18-22-25(19-10-6-5-7-11-19)28-29(2)26(22)32-24-14-9-8-13-23(24)27/h3,5-11,13-14,20-21,31H,1,4,12,15-18H2,2H3/t21-/m0/s1. The minimum atomic E-state index is -0.390. The molecule has 1 aliphatic rings. The molecule has 32 heavy (non-hydrogen) atoms. The van der Waals surface area contributed by atoms with Crippen LogP contribution in [-0.4, -0.2) is 38.5 Å². The predicted octanol–water partition coefficient (Wildman–Crippen LogP) is 5.82. The molecule has 1 fully saturated rings. The molecule has 6 heteroatoms. The zero-order chi connectivity index (χ0) is 22.5. The second-order valence-corrected chi connectivity index (χ2v) is 8.74. The van der Waals surface area contributed by atoms with Crippen LogP contribution < -0.4 is 4.74 Å². The van der Waals surface area contributed by atoms with Crippen LogP contribution in [0.1, 0.15) is 31.2 Å². The molecule has 0 aliphatic heterocycles. The van der Waals surface area contributed by atoms with E-state index in [2.05, 4.69) is 23.6 Å². The monoisotopic (exact) mass is 451 g/mol. The van der Waals surface area contributed by atoms with Gasteiger partial charge in [-0.1, -0.05) is 60.1 Å². The first-order chi connectivity index (χ1) is 15.6. The Morgan fingerprint density at radius 1 is 1.22 bits per heavy atom. The number of rotatable bonds is 11. The van der Waals surface area contributed by atoms with Gasteiger partial charge in [0.2, 0.25) is 5.88 Å². The molecule has 168 valence electrons. The van der Waals surface area contributed by atoms with Gasteiger partial charge in [0.15, 0.2) is 0 Å². The van der Waals surface area contributed by atoms with E-state index in [1.807, 2.05) is 55.6 Å². The molecule has 5 nitrogen and oxygen atoms in total. The van der Waals surface area contributed by atoms with Crippen molar-refractivity contribution >= 4 is 11.6 Å². The minimum Gasteiger partial charge on any atom is -0.437 e. The summed E-state index contributed by atoms with van der Waals surface area (Å²) in [4.78, 5) is 2.36. The molecule has 0 saturated heterocycles. The smallest absolute Gasteiger partial charge is 0.222 e. The molecule has 0 amide bonds. The van der Waals surface area contributed by atoms with E-state index < -0.39 is 6.10 Å². The highest BCUT2D eigenvalue weighted by Crippen LogP contribution is 2.38. The fourth-order valence-corrected chi connectivity index (χ4v) is 4.11. The van der Waals surface area contributed by atoms with Crippen molar-refractivity contribution in [3.05, 3.63) is 77.8 Å². The van der Waals surface area contributed by atoms with Crippen LogP contribution >= 0.6 is 11.6 Å². The summed E-state index contributed by atoms with van der Waals surface area (Å²) in [6.07, 6.45) is 5.29. The second-order valence-electron chi connectivity index (χ2n) is 8.33. The second kappa shape index (κ2) is 10.3. The van der Waals surface area contributed by atoms with Crippen molar-refractivity contribution in [3.8, 4) is 22.9 Å². The fraction of sp³-hybridized carbons (Fsp3) is 0.346. The van der Waals surface area contributed by atoms with Gasteiger partial charge in [-0.05, 0) is 37.8 Å². The lowest BCUT2D eigenvalue weighted by Crippen LogP contribution is -2.34. The zero-order valence-electron chi connectivity index (χ0n) is 18.5. The molecule has 0 unspecified atom stereocenters. The van der Waals surface area contributed by atoms with E-state index in [0.29, 0.717) is 42.2 Å². The third kappa shape index (κ3) is 5.41. The van der Waals surface area contributed by atoms with Crippen LogP contribution in [0.3, 0.4) is 0 Å². The third-order valence-electron chi connectivity index (χ3n) is 5.75. The van der Waals surface area contributed by atoms with Crippen LogP contribution in [0.2, 0.25) is 5.02 Å². The van der Waals surface area contributed by atoms with E-state index in [1.54, 1.807) is 4.68 Å². The lowest BCUT2D eigenvalue weighted by Gasteiger charge is -2.25. The number of benzene rings is 2. The molecular weight excluding hydrogens is 422 g/mol. The van der Waals surface area contributed by atoms with Gasteiger partial charge < -0.3 is 9.84 Å². The summed E-state index contributed by atoms with van der Waals surface area (Å²) in [6.45, 7) is 5.04. The molecule has 1 N–H and O–H groups in total. The van der Waals surface area contributed by atoms with E-state index in [4.69, 9.17) is 21.4 Å². The SMILES string of the molecule is C=CCC[C@H](O)CN(Cc1c(-c2ccccc2)nn(C)c1Oc1ccccc1Cl)C1CC1. The van der Waals surface area contributed by atoms with Gasteiger partial charge in [0.05, 0.1) is 16.7 Å². The predicted molar refractivity (Wildman–Crippen MR) is 129 cm³/mol. The molecular formula is C26H30ClN3O2. The van der Waals surface area contributed by atoms with Gasteiger partial charge in [-0.2, -0.15) is 5.10 Å². The topological polar surface area (TPSA) is 50.5 Å².